The summed E-state index contributed by atoms with van der Waals surface area (Å²) in [5, 5.41) is 3.08. The van der Waals surface area contributed by atoms with Crippen LogP contribution in [0, 0.1) is 0 Å². The molecule has 0 aromatic heterocycles. The second-order valence-corrected chi connectivity index (χ2v) is 9.27. The van der Waals surface area contributed by atoms with Crippen molar-refractivity contribution < 1.29 is 22.7 Å². The molecule has 0 saturated heterocycles. The number of halogens is 1. The maximum atomic E-state index is 12.8. The second-order valence-electron chi connectivity index (χ2n) is 6.85. The molecule has 2 aromatic rings. The van der Waals surface area contributed by atoms with E-state index in [0.717, 1.165) is 11.8 Å². The maximum absolute atomic E-state index is 12.8. The fourth-order valence-corrected chi connectivity index (χ4v) is 3.62. The van der Waals surface area contributed by atoms with Crippen LogP contribution in [-0.2, 0) is 15.4 Å². The summed E-state index contributed by atoms with van der Waals surface area (Å²) in [7, 11) is -3.45. The van der Waals surface area contributed by atoms with Gasteiger partial charge in [-0.2, -0.15) is 0 Å². The van der Waals surface area contributed by atoms with Crippen LogP contribution in [0.1, 0.15) is 29.8 Å². The Morgan fingerprint density at radius 3 is 2.41 bits per heavy atom. The van der Waals surface area contributed by atoms with E-state index in [-0.39, 0.29) is 15.5 Å². The Morgan fingerprint density at radius 2 is 1.74 bits per heavy atom. The van der Waals surface area contributed by atoms with Gasteiger partial charge in [0.25, 0.3) is 5.91 Å². The molecule has 144 valence electrons. The lowest BCUT2D eigenvalue weighted by Crippen LogP contribution is -2.41. The number of carbonyl (C=O) groups is 1. The van der Waals surface area contributed by atoms with Gasteiger partial charge in [0, 0.05) is 6.26 Å². The lowest BCUT2D eigenvalue weighted by molar-refractivity contribution is 0.0911. The highest BCUT2D eigenvalue weighted by Crippen LogP contribution is 2.34. The zero-order chi connectivity index (χ0) is 19.8. The molecule has 8 heteroatoms. The zero-order valence-corrected chi connectivity index (χ0v) is 16.8. The Bertz CT molecular complexity index is 1000. The minimum Gasteiger partial charge on any atom is -0.486 e. The smallest absolute Gasteiger partial charge is 0.253 e. The van der Waals surface area contributed by atoms with E-state index in [9.17, 15) is 13.2 Å². The zero-order valence-electron chi connectivity index (χ0n) is 15.2. The first-order valence-corrected chi connectivity index (χ1v) is 10.6. The largest absolute Gasteiger partial charge is 0.486 e. The summed E-state index contributed by atoms with van der Waals surface area (Å²) >= 11 is 6.12. The van der Waals surface area contributed by atoms with Crippen molar-refractivity contribution in [1.29, 1.82) is 0 Å². The average Bonchev–Trinajstić information content (AvgIpc) is 2.60. The maximum Gasteiger partial charge on any atom is 0.253 e. The van der Waals surface area contributed by atoms with Gasteiger partial charge in [-0.05, 0) is 49.7 Å². The van der Waals surface area contributed by atoms with Gasteiger partial charge >= 0.3 is 0 Å². The number of benzene rings is 2. The molecule has 3 rings (SSSR count). The molecule has 1 aliphatic heterocycles. The molecule has 0 bridgehead atoms. The summed E-state index contributed by atoms with van der Waals surface area (Å²) < 4.78 is 34.6. The minimum absolute atomic E-state index is 0.0363. The van der Waals surface area contributed by atoms with Crippen LogP contribution in [0.2, 0.25) is 5.02 Å². The third kappa shape index (κ3) is 4.20. The Morgan fingerprint density at radius 1 is 1.07 bits per heavy atom. The van der Waals surface area contributed by atoms with Crippen LogP contribution in [0.3, 0.4) is 0 Å². The van der Waals surface area contributed by atoms with Crippen molar-refractivity contribution in [3.63, 3.8) is 0 Å². The molecular formula is C19H20ClNO5S. The second kappa shape index (κ2) is 7.05. The summed E-state index contributed by atoms with van der Waals surface area (Å²) in [6.07, 6.45) is 1.08. The third-order valence-electron chi connectivity index (χ3n) is 4.30. The SMILES string of the molecule is CC(C)(NC(=O)c1cc(S(C)(=O)=O)ccc1Cl)c1ccc2c(c1)OCCO2. The van der Waals surface area contributed by atoms with Gasteiger partial charge in [0.1, 0.15) is 13.2 Å². The number of rotatable bonds is 4. The first-order chi connectivity index (χ1) is 12.6. The highest BCUT2D eigenvalue weighted by molar-refractivity contribution is 7.90. The van der Waals surface area contributed by atoms with Gasteiger partial charge in [-0.3, -0.25) is 4.79 Å². The van der Waals surface area contributed by atoms with E-state index < -0.39 is 21.3 Å². The molecule has 6 nitrogen and oxygen atoms in total. The van der Waals surface area contributed by atoms with E-state index in [1.807, 2.05) is 26.0 Å². The Kier molecular flexibility index (Phi) is 5.10. The summed E-state index contributed by atoms with van der Waals surface area (Å²) in [5.74, 6) is 0.819. The van der Waals surface area contributed by atoms with Crippen LogP contribution in [-0.4, -0.2) is 33.8 Å². The third-order valence-corrected chi connectivity index (χ3v) is 5.74. The van der Waals surface area contributed by atoms with E-state index in [4.69, 9.17) is 21.1 Å². The van der Waals surface area contributed by atoms with Crippen LogP contribution < -0.4 is 14.8 Å². The van der Waals surface area contributed by atoms with Gasteiger partial charge in [-0.1, -0.05) is 17.7 Å². The molecular weight excluding hydrogens is 390 g/mol. The molecule has 27 heavy (non-hydrogen) atoms. The molecule has 1 amide bonds. The summed E-state index contributed by atoms with van der Waals surface area (Å²) in [5.41, 5.74) is 0.165. The topological polar surface area (TPSA) is 81.7 Å². The van der Waals surface area contributed by atoms with Gasteiger partial charge in [0.05, 0.1) is 21.0 Å². The van der Waals surface area contributed by atoms with E-state index >= 15 is 0 Å². The molecule has 0 fully saturated rings. The summed E-state index contributed by atoms with van der Waals surface area (Å²) in [6.45, 7) is 4.65. The molecule has 1 N–H and O–H groups in total. The van der Waals surface area contributed by atoms with Crippen molar-refractivity contribution in [2.24, 2.45) is 0 Å². The molecule has 0 spiro atoms. The van der Waals surface area contributed by atoms with E-state index in [0.29, 0.717) is 24.7 Å². The van der Waals surface area contributed by atoms with Gasteiger partial charge in [0.2, 0.25) is 0 Å². The number of sulfone groups is 1. The van der Waals surface area contributed by atoms with Crippen molar-refractivity contribution in [3.8, 4) is 11.5 Å². The van der Waals surface area contributed by atoms with E-state index in [2.05, 4.69) is 5.32 Å². The van der Waals surface area contributed by atoms with Crippen molar-refractivity contribution in [1.82, 2.24) is 5.32 Å². The highest BCUT2D eigenvalue weighted by Gasteiger charge is 2.27. The number of ether oxygens (including phenoxy) is 2. The fourth-order valence-electron chi connectivity index (χ4n) is 2.76. The first-order valence-electron chi connectivity index (χ1n) is 8.30. The first kappa shape index (κ1) is 19.5. The molecule has 2 aromatic carbocycles. The van der Waals surface area contributed by atoms with Crippen molar-refractivity contribution in [3.05, 3.63) is 52.5 Å². The Labute approximate surface area is 163 Å². The van der Waals surface area contributed by atoms with E-state index in [1.165, 1.54) is 18.2 Å². The van der Waals surface area contributed by atoms with Gasteiger partial charge in [-0.15, -0.1) is 0 Å². The lowest BCUT2D eigenvalue weighted by Gasteiger charge is -2.29. The molecule has 0 atom stereocenters. The Hall–Kier alpha value is -2.25. The number of amides is 1. The van der Waals surface area contributed by atoms with Crippen LogP contribution in [0.4, 0.5) is 0 Å². The predicted octanol–water partition coefficient (Wildman–Crippen LogP) is 3.18. The van der Waals surface area contributed by atoms with Gasteiger partial charge in [0.15, 0.2) is 21.3 Å². The molecule has 0 radical (unpaired) electrons. The lowest BCUT2D eigenvalue weighted by atomic mass is 9.93. The van der Waals surface area contributed by atoms with Crippen LogP contribution in [0.25, 0.3) is 0 Å². The summed E-state index contributed by atoms with van der Waals surface area (Å²) in [6, 6.07) is 9.54. The standard InChI is InChI=1S/C19H20ClNO5S/c1-19(2,12-4-7-16-17(10-12)26-9-8-25-16)21-18(22)14-11-13(27(3,23)24)5-6-15(14)20/h4-7,10-11H,8-9H2,1-3H3,(H,21,22). The fraction of sp³-hybridized carbons (Fsp3) is 0.316. The Balaban J connectivity index is 1.89. The summed E-state index contributed by atoms with van der Waals surface area (Å²) in [4.78, 5) is 12.8. The minimum atomic E-state index is -3.45. The van der Waals surface area contributed by atoms with Crippen molar-refractivity contribution >= 4 is 27.3 Å². The van der Waals surface area contributed by atoms with Crippen molar-refractivity contribution in [2.45, 2.75) is 24.3 Å². The molecule has 1 heterocycles. The average molecular weight is 410 g/mol. The molecule has 0 aliphatic carbocycles. The number of fused-ring (bicyclic) bond motifs is 1. The number of hydrogen-bond acceptors (Lipinski definition) is 5. The van der Waals surface area contributed by atoms with Crippen LogP contribution >= 0.6 is 11.6 Å². The molecule has 0 unspecified atom stereocenters. The number of carbonyl (C=O) groups excluding carboxylic acids is 1. The van der Waals surface area contributed by atoms with Gasteiger partial charge in [-0.25, -0.2) is 8.42 Å². The van der Waals surface area contributed by atoms with Crippen LogP contribution in [0.15, 0.2) is 41.3 Å². The predicted molar refractivity (Wildman–Crippen MR) is 102 cm³/mol. The monoisotopic (exact) mass is 409 g/mol. The molecule has 0 saturated carbocycles. The van der Waals surface area contributed by atoms with Gasteiger partial charge < -0.3 is 14.8 Å². The van der Waals surface area contributed by atoms with Crippen molar-refractivity contribution in [2.75, 3.05) is 19.5 Å². The molecule has 1 aliphatic rings. The number of hydrogen-bond donors (Lipinski definition) is 1. The van der Waals surface area contributed by atoms with E-state index in [1.54, 1.807) is 6.07 Å². The normalized spacial score (nSPS) is 13.9. The number of nitrogens with one attached hydrogen (secondary N) is 1. The van der Waals surface area contributed by atoms with Crippen LogP contribution in [0.5, 0.6) is 11.5 Å². The highest BCUT2D eigenvalue weighted by atomic mass is 35.5. The quantitative estimate of drug-likeness (QED) is 0.838.